The van der Waals surface area contributed by atoms with E-state index in [-0.39, 0.29) is 16.2 Å². The smallest absolute Gasteiger partial charge is 0.355 e. The minimum Gasteiger partial charge on any atom is -0.355 e. The van der Waals surface area contributed by atoms with E-state index < -0.39 is 46.4 Å². The molecule has 2 heterocycles. The number of rotatable bonds is 3. The van der Waals surface area contributed by atoms with Crippen molar-refractivity contribution in [2.75, 3.05) is 0 Å². The number of hydroxylamine groups is 2. The van der Waals surface area contributed by atoms with Gasteiger partial charge in [0.15, 0.2) is 5.76 Å². The molecule has 0 saturated heterocycles. The van der Waals surface area contributed by atoms with Crippen molar-refractivity contribution in [2.45, 2.75) is 6.18 Å². The lowest BCUT2D eigenvalue weighted by atomic mass is 10.0. The molecule has 2 amide bonds. The van der Waals surface area contributed by atoms with Gasteiger partial charge in [-0.2, -0.15) is 13.2 Å². The molecule has 29 heavy (non-hydrogen) atoms. The lowest BCUT2D eigenvalue weighted by molar-refractivity contribution is -0.137. The van der Waals surface area contributed by atoms with Crippen LogP contribution in [0.3, 0.4) is 0 Å². The first kappa shape index (κ1) is 18.4. The van der Waals surface area contributed by atoms with Crippen LogP contribution in [0.2, 0.25) is 0 Å². The fraction of sp³-hybridized carbons (Fsp3) is 0.0526. The van der Waals surface area contributed by atoms with E-state index in [0.717, 1.165) is 18.3 Å². The molecule has 4 rings (SSSR count). The van der Waals surface area contributed by atoms with Crippen molar-refractivity contribution in [1.29, 1.82) is 0 Å². The average Bonchev–Trinajstić information content (AvgIpc) is 3.27. The molecule has 3 aromatic rings. The van der Waals surface area contributed by atoms with Crippen molar-refractivity contribution < 1.29 is 36.9 Å². The summed E-state index contributed by atoms with van der Waals surface area (Å²) in [5.74, 6) is -3.51. The Morgan fingerprint density at radius 3 is 2.07 bits per heavy atom. The quantitative estimate of drug-likeness (QED) is 0.621. The molecule has 0 unspecified atom stereocenters. The summed E-state index contributed by atoms with van der Waals surface area (Å²) in [5.41, 5.74) is -1.88. The van der Waals surface area contributed by atoms with Gasteiger partial charge in [0.2, 0.25) is 0 Å². The Bertz CT molecular complexity index is 1120. The van der Waals surface area contributed by atoms with Gasteiger partial charge in [-0.1, -0.05) is 40.6 Å². The Labute approximate surface area is 160 Å². The number of carbonyl (C=O) groups excluding carboxylic acids is 3. The van der Waals surface area contributed by atoms with Crippen molar-refractivity contribution in [3.05, 3.63) is 77.0 Å². The molecule has 0 saturated carbocycles. The van der Waals surface area contributed by atoms with Crippen LogP contribution < -0.4 is 0 Å². The van der Waals surface area contributed by atoms with Crippen molar-refractivity contribution in [2.24, 2.45) is 0 Å². The zero-order valence-electron chi connectivity index (χ0n) is 14.3. The number of alkyl halides is 3. The number of imide groups is 1. The van der Waals surface area contributed by atoms with E-state index in [1.165, 1.54) is 36.4 Å². The number of amides is 2. The molecular weight excluding hydrogens is 393 g/mol. The van der Waals surface area contributed by atoms with Crippen LogP contribution in [0, 0.1) is 0 Å². The zero-order chi connectivity index (χ0) is 20.8. The monoisotopic (exact) mass is 402 g/mol. The highest BCUT2D eigenvalue weighted by Crippen LogP contribution is 2.38. The summed E-state index contributed by atoms with van der Waals surface area (Å²) in [5, 5.41) is 3.61. The van der Waals surface area contributed by atoms with Gasteiger partial charge >= 0.3 is 12.1 Å². The predicted molar refractivity (Wildman–Crippen MR) is 89.3 cm³/mol. The van der Waals surface area contributed by atoms with Crippen molar-refractivity contribution in [1.82, 2.24) is 10.2 Å². The molecule has 10 heteroatoms. The summed E-state index contributed by atoms with van der Waals surface area (Å²) in [6, 6.07) is 10.2. The highest BCUT2D eigenvalue weighted by Gasteiger charge is 2.40. The van der Waals surface area contributed by atoms with Gasteiger partial charge in [-0.15, -0.1) is 0 Å². The highest BCUT2D eigenvalue weighted by atomic mass is 19.4. The van der Waals surface area contributed by atoms with E-state index in [1.807, 2.05) is 0 Å². The second-order valence-electron chi connectivity index (χ2n) is 5.94. The molecule has 7 nitrogen and oxygen atoms in total. The van der Waals surface area contributed by atoms with Crippen molar-refractivity contribution >= 4 is 17.8 Å². The molecule has 0 atom stereocenters. The maximum atomic E-state index is 13.3. The molecule has 0 aliphatic carbocycles. The maximum Gasteiger partial charge on any atom is 0.417 e. The van der Waals surface area contributed by atoms with E-state index in [2.05, 4.69) is 5.16 Å². The fourth-order valence-corrected chi connectivity index (χ4v) is 2.89. The molecule has 146 valence electrons. The van der Waals surface area contributed by atoms with Crippen LogP contribution in [-0.2, 0) is 11.0 Å². The molecule has 2 aromatic carbocycles. The van der Waals surface area contributed by atoms with Crippen LogP contribution in [0.15, 0.2) is 59.3 Å². The fourth-order valence-electron chi connectivity index (χ4n) is 2.89. The Hall–Kier alpha value is -3.95. The van der Waals surface area contributed by atoms with Crippen LogP contribution in [0.5, 0.6) is 0 Å². The van der Waals surface area contributed by atoms with Gasteiger partial charge in [-0.3, -0.25) is 9.59 Å². The molecule has 0 fully saturated rings. The summed E-state index contributed by atoms with van der Waals surface area (Å²) in [7, 11) is 0. The Morgan fingerprint density at radius 2 is 1.48 bits per heavy atom. The van der Waals surface area contributed by atoms with Gasteiger partial charge in [-0.25, -0.2) is 4.79 Å². The molecule has 1 aliphatic heterocycles. The molecule has 1 aliphatic rings. The minimum atomic E-state index is -4.72. The third-order valence-corrected chi connectivity index (χ3v) is 4.20. The number of halogens is 3. The summed E-state index contributed by atoms with van der Waals surface area (Å²) < 4.78 is 44.7. The van der Waals surface area contributed by atoms with Gasteiger partial charge in [0.05, 0.1) is 22.9 Å². The van der Waals surface area contributed by atoms with Gasteiger partial charge in [-0.05, 0) is 18.2 Å². The van der Waals surface area contributed by atoms with Crippen molar-refractivity contribution in [3.63, 3.8) is 0 Å². The van der Waals surface area contributed by atoms with Gasteiger partial charge in [0, 0.05) is 5.56 Å². The van der Waals surface area contributed by atoms with E-state index in [1.54, 1.807) is 0 Å². The van der Waals surface area contributed by atoms with E-state index in [9.17, 15) is 27.6 Å². The van der Waals surface area contributed by atoms with Gasteiger partial charge in [0.1, 0.15) is 5.56 Å². The predicted octanol–water partition coefficient (Wildman–Crippen LogP) is 3.73. The van der Waals surface area contributed by atoms with Crippen molar-refractivity contribution in [3.8, 4) is 11.3 Å². The van der Waals surface area contributed by atoms with E-state index in [4.69, 9.17) is 9.36 Å². The SMILES string of the molecule is O=C(ON1C(=O)c2ccccc2C1=O)c1cnoc1-c1ccccc1C(F)(F)F. The minimum absolute atomic E-state index is 0.0401. The number of fused-ring (bicyclic) bond motifs is 1. The summed E-state index contributed by atoms with van der Waals surface area (Å²) in [4.78, 5) is 42.0. The van der Waals surface area contributed by atoms with Gasteiger partial charge < -0.3 is 9.36 Å². The normalized spacial score (nSPS) is 13.6. The first-order valence-electron chi connectivity index (χ1n) is 8.10. The second kappa shape index (κ2) is 6.59. The lowest BCUT2D eigenvalue weighted by Gasteiger charge is -2.13. The topological polar surface area (TPSA) is 89.7 Å². The lowest BCUT2D eigenvalue weighted by Crippen LogP contribution is -2.32. The number of hydrogen-bond donors (Lipinski definition) is 0. The maximum absolute atomic E-state index is 13.3. The van der Waals surface area contributed by atoms with Crippen LogP contribution in [0.25, 0.3) is 11.3 Å². The van der Waals surface area contributed by atoms with Gasteiger partial charge in [0.25, 0.3) is 11.8 Å². The first-order chi connectivity index (χ1) is 13.8. The third kappa shape index (κ3) is 3.04. The van der Waals surface area contributed by atoms with E-state index in [0.29, 0.717) is 0 Å². The zero-order valence-corrected chi connectivity index (χ0v) is 14.3. The largest absolute Gasteiger partial charge is 0.417 e. The highest BCUT2D eigenvalue weighted by molar-refractivity contribution is 6.21. The molecular formula is C19H9F3N2O5. The number of carbonyl (C=O) groups is 3. The average molecular weight is 402 g/mol. The molecule has 0 N–H and O–H groups in total. The van der Waals surface area contributed by atoms with Crippen LogP contribution in [0.4, 0.5) is 13.2 Å². The standard InChI is InChI=1S/C19H9F3N2O5/c20-19(21,22)14-8-4-3-7-12(14)15-13(9-23-28-15)18(27)29-24-16(25)10-5-1-2-6-11(10)17(24)26/h1-9H. The third-order valence-electron chi connectivity index (χ3n) is 4.20. The van der Waals surface area contributed by atoms with Crippen LogP contribution in [0.1, 0.15) is 36.6 Å². The Balaban J connectivity index is 1.67. The van der Waals surface area contributed by atoms with Crippen LogP contribution >= 0.6 is 0 Å². The van der Waals surface area contributed by atoms with E-state index >= 15 is 0 Å². The Morgan fingerprint density at radius 1 is 0.931 bits per heavy atom. The summed E-state index contributed by atoms with van der Waals surface area (Å²) in [6.45, 7) is 0. The van der Waals surface area contributed by atoms with Crippen LogP contribution in [-0.4, -0.2) is 28.0 Å². The molecule has 0 radical (unpaired) electrons. The molecule has 1 aromatic heterocycles. The number of benzene rings is 2. The summed E-state index contributed by atoms with van der Waals surface area (Å²) >= 11 is 0. The first-order valence-corrected chi connectivity index (χ1v) is 8.10. The Kier molecular flexibility index (Phi) is 4.18. The molecule has 0 spiro atoms. The number of aromatic nitrogens is 1. The number of hydrogen-bond acceptors (Lipinski definition) is 6. The summed E-state index contributed by atoms with van der Waals surface area (Å²) in [6.07, 6.45) is -3.87. The second-order valence-corrected chi connectivity index (χ2v) is 5.94. The number of nitrogens with zero attached hydrogens (tertiary/aromatic N) is 2. The molecule has 0 bridgehead atoms.